The van der Waals surface area contributed by atoms with E-state index in [0.717, 1.165) is 0 Å². The molecule has 0 aliphatic carbocycles. The van der Waals surface area contributed by atoms with E-state index in [-0.39, 0.29) is 16.6 Å². The number of rotatable bonds is 0. The Labute approximate surface area is 71.0 Å². The minimum atomic E-state index is -0.176. The lowest BCUT2D eigenvalue weighted by molar-refractivity contribution is 0.475. The molecule has 0 aliphatic rings. The fourth-order valence-corrected chi connectivity index (χ4v) is 1.22. The molecule has 10 heavy (non-hydrogen) atoms. The van der Waals surface area contributed by atoms with Crippen molar-refractivity contribution in [3.05, 3.63) is 15.8 Å². The molecule has 0 saturated heterocycles. The van der Waals surface area contributed by atoms with Crippen molar-refractivity contribution in [1.29, 1.82) is 0 Å². The molecule has 3 N–H and O–H groups in total. The highest BCUT2D eigenvalue weighted by molar-refractivity contribution is 9.10. The van der Waals surface area contributed by atoms with Gasteiger partial charge < -0.3 is 10.8 Å². The first-order chi connectivity index (χ1) is 4.61. The van der Waals surface area contributed by atoms with Gasteiger partial charge in [-0.15, -0.1) is 0 Å². The van der Waals surface area contributed by atoms with Gasteiger partial charge in [0, 0.05) is 0 Å². The maximum absolute atomic E-state index is 8.99. The summed E-state index contributed by atoms with van der Waals surface area (Å²) in [6.07, 6.45) is 0. The quantitative estimate of drug-likeness (QED) is 0.659. The van der Waals surface area contributed by atoms with Crippen LogP contribution in [-0.4, -0.2) is 10.1 Å². The van der Waals surface area contributed by atoms with Crippen molar-refractivity contribution in [2.45, 2.75) is 0 Å². The summed E-state index contributed by atoms with van der Waals surface area (Å²) < 4.78 is 0.507. The van der Waals surface area contributed by atoms with Crippen molar-refractivity contribution < 1.29 is 5.11 Å². The first kappa shape index (κ1) is 7.63. The molecule has 3 nitrogen and oxygen atoms in total. The van der Waals surface area contributed by atoms with E-state index in [1.54, 1.807) is 0 Å². The minimum absolute atomic E-state index is 0.00637. The lowest BCUT2D eigenvalue weighted by atomic mass is 10.4. The number of pyridine rings is 1. The number of aromatic nitrogens is 1. The summed E-state index contributed by atoms with van der Waals surface area (Å²) in [7, 11) is 0. The number of aromatic hydroxyl groups is 1. The molecule has 0 spiro atoms. The molecule has 1 aromatic heterocycles. The number of halogens is 2. The van der Waals surface area contributed by atoms with Crippen LogP contribution in [0.25, 0.3) is 0 Å². The Morgan fingerprint density at radius 1 is 1.70 bits per heavy atom. The predicted octanol–water partition coefficient (Wildman–Crippen LogP) is 1.79. The molecule has 0 aliphatic heterocycles. The second-order valence-electron chi connectivity index (χ2n) is 1.67. The first-order valence-electron chi connectivity index (χ1n) is 2.41. The van der Waals surface area contributed by atoms with Crippen LogP contribution in [0.2, 0.25) is 5.15 Å². The van der Waals surface area contributed by atoms with E-state index in [1.807, 2.05) is 0 Å². The monoisotopic (exact) mass is 222 g/mol. The number of anilines is 1. The lowest BCUT2D eigenvalue weighted by Gasteiger charge is -1.99. The predicted molar refractivity (Wildman–Crippen MR) is 43.0 cm³/mol. The Morgan fingerprint density at radius 2 is 2.30 bits per heavy atom. The Balaban J connectivity index is 3.31. The molecule has 1 aromatic rings. The summed E-state index contributed by atoms with van der Waals surface area (Å²) in [6.45, 7) is 0. The molecule has 0 amide bonds. The molecule has 0 atom stereocenters. The standard InChI is InChI=1S/C5H4BrClN2O/c6-3-1-2(8)4(10)5(7)9-3/h1,10H,(H2,8,9). The summed E-state index contributed by atoms with van der Waals surface area (Å²) in [5.74, 6) is -0.176. The van der Waals surface area contributed by atoms with E-state index in [0.29, 0.717) is 4.60 Å². The summed E-state index contributed by atoms with van der Waals surface area (Å²) in [5, 5.41) is 9.00. The SMILES string of the molecule is Nc1cc(Br)nc(Cl)c1O. The van der Waals surface area contributed by atoms with Crippen molar-refractivity contribution in [2.24, 2.45) is 0 Å². The fraction of sp³-hybridized carbons (Fsp3) is 0. The largest absolute Gasteiger partial charge is 0.503 e. The number of nitrogens with zero attached hydrogens (tertiary/aromatic N) is 1. The molecule has 54 valence electrons. The van der Waals surface area contributed by atoms with Crippen LogP contribution in [0.1, 0.15) is 0 Å². The van der Waals surface area contributed by atoms with Gasteiger partial charge in [0.2, 0.25) is 0 Å². The third kappa shape index (κ3) is 1.33. The zero-order chi connectivity index (χ0) is 7.72. The van der Waals surface area contributed by atoms with Gasteiger partial charge in [-0.2, -0.15) is 0 Å². The van der Waals surface area contributed by atoms with Crippen molar-refractivity contribution in [3.63, 3.8) is 0 Å². The van der Waals surface area contributed by atoms with Crippen LogP contribution in [0, 0.1) is 0 Å². The van der Waals surface area contributed by atoms with Gasteiger partial charge in [0.15, 0.2) is 10.9 Å². The molecule has 1 heterocycles. The average molecular weight is 223 g/mol. The van der Waals surface area contributed by atoms with Crippen LogP contribution in [-0.2, 0) is 0 Å². The Morgan fingerprint density at radius 3 is 2.80 bits per heavy atom. The van der Waals surface area contributed by atoms with Gasteiger partial charge in [-0.3, -0.25) is 0 Å². The molecule has 0 radical (unpaired) electrons. The van der Waals surface area contributed by atoms with Gasteiger partial charge in [-0.05, 0) is 22.0 Å². The maximum Gasteiger partial charge on any atom is 0.176 e. The smallest absolute Gasteiger partial charge is 0.176 e. The highest BCUT2D eigenvalue weighted by atomic mass is 79.9. The third-order valence-electron chi connectivity index (χ3n) is 0.948. The van der Waals surface area contributed by atoms with Crippen LogP contribution in [0.3, 0.4) is 0 Å². The molecule has 0 fully saturated rings. The van der Waals surface area contributed by atoms with E-state index in [1.165, 1.54) is 6.07 Å². The molecular formula is C5H4BrClN2O. The molecular weight excluding hydrogens is 219 g/mol. The van der Waals surface area contributed by atoms with Crippen LogP contribution >= 0.6 is 27.5 Å². The molecule has 5 heteroatoms. The Bertz CT molecular complexity index is 243. The van der Waals surface area contributed by atoms with Crippen molar-refractivity contribution in [1.82, 2.24) is 4.98 Å². The number of nitrogens with two attached hydrogens (primary N) is 1. The normalized spacial score (nSPS) is 9.80. The zero-order valence-electron chi connectivity index (χ0n) is 4.81. The summed E-state index contributed by atoms with van der Waals surface area (Å²) in [5.41, 5.74) is 5.53. The minimum Gasteiger partial charge on any atom is -0.503 e. The van der Waals surface area contributed by atoms with Gasteiger partial charge in [-0.1, -0.05) is 11.6 Å². The summed E-state index contributed by atoms with van der Waals surface area (Å²) >= 11 is 8.51. The number of hydrogen-bond acceptors (Lipinski definition) is 3. The van der Waals surface area contributed by atoms with Crippen molar-refractivity contribution in [2.75, 3.05) is 5.73 Å². The Hall–Kier alpha value is -0.480. The summed E-state index contributed by atoms with van der Waals surface area (Å²) in [4.78, 5) is 3.69. The van der Waals surface area contributed by atoms with Crippen molar-refractivity contribution in [3.8, 4) is 5.75 Å². The van der Waals surface area contributed by atoms with E-state index in [9.17, 15) is 0 Å². The van der Waals surface area contributed by atoms with Gasteiger partial charge in [0.05, 0.1) is 5.69 Å². The van der Waals surface area contributed by atoms with Crippen LogP contribution in [0.4, 0.5) is 5.69 Å². The van der Waals surface area contributed by atoms with E-state index < -0.39 is 0 Å². The molecule has 0 bridgehead atoms. The van der Waals surface area contributed by atoms with Crippen molar-refractivity contribution >= 4 is 33.2 Å². The summed E-state index contributed by atoms with van der Waals surface area (Å²) in [6, 6.07) is 1.47. The first-order valence-corrected chi connectivity index (χ1v) is 3.59. The maximum atomic E-state index is 8.99. The average Bonchev–Trinajstić information content (AvgIpc) is 1.82. The fourth-order valence-electron chi connectivity index (χ4n) is 0.495. The molecule has 0 saturated carbocycles. The number of hydrogen-bond donors (Lipinski definition) is 2. The van der Waals surface area contributed by atoms with Gasteiger partial charge in [0.1, 0.15) is 4.60 Å². The second kappa shape index (κ2) is 2.64. The van der Waals surface area contributed by atoms with Crippen LogP contribution in [0.5, 0.6) is 5.75 Å². The van der Waals surface area contributed by atoms with E-state index >= 15 is 0 Å². The molecule has 0 aromatic carbocycles. The van der Waals surface area contributed by atoms with Gasteiger partial charge in [-0.25, -0.2) is 4.98 Å². The highest BCUT2D eigenvalue weighted by Gasteiger charge is 2.04. The zero-order valence-corrected chi connectivity index (χ0v) is 7.15. The highest BCUT2D eigenvalue weighted by Crippen LogP contribution is 2.29. The number of nitrogen functional groups attached to an aromatic ring is 1. The van der Waals surface area contributed by atoms with E-state index in [4.69, 9.17) is 22.4 Å². The Kier molecular flexibility index (Phi) is 2.01. The van der Waals surface area contributed by atoms with Crippen LogP contribution in [0.15, 0.2) is 10.7 Å². The van der Waals surface area contributed by atoms with Gasteiger partial charge >= 0.3 is 0 Å². The van der Waals surface area contributed by atoms with E-state index in [2.05, 4.69) is 20.9 Å². The third-order valence-corrected chi connectivity index (χ3v) is 1.62. The molecule has 1 rings (SSSR count). The van der Waals surface area contributed by atoms with Crippen LogP contribution < -0.4 is 5.73 Å². The lowest BCUT2D eigenvalue weighted by Crippen LogP contribution is -1.88. The topological polar surface area (TPSA) is 59.1 Å². The second-order valence-corrected chi connectivity index (χ2v) is 2.84. The molecule has 0 unspecified atom stereocenters. The van der Waals surface area contributed by atoms with Gasteiger partial charge in [0.25, 0.3) is 0 Å².